The predicted molar refractivity (Wildman–Crippen MR) is 150 cm³/mol. The van der Waals surface area contributed by atoms with Gasteiger partial charge in [-0.2, -0.15) is 5.10 Å². The van der Waals surface area contributed by atoms with Crippen LogP contribution >= 0.6 is 0 Å². The summed E-state index contributed by atoms with van der Waals surface area (Å²) in [5.74, 6) is -0.387. The standard InChI is InChI=1S/C28H41FN4O5Si/c1-28(2,3)38-27(35)32-15-20(16-32)37-17-19-14-33(18-36-12-13-39(5,6)7)30-26(19)22-8-10-23-21(25(22)29)9-11-24(34)31(23)4/h8,10,14,20H,9,11-13,15-18H2,1-7H3. The molecule has 9 nitrogen and oxygen atoms in total. The number of halogens is 1. The first kappa shape index (κ1) is 29.2. The van der Waals surface area contributed by atoms with E-state index >= 15 is 4.39 Å². The third-order valence-corrected chi connectivity index (χ3v) is 8.53. The molecular formula is C28H41FN4O5Si. The molecule has 0 aliphatic carbocycles. The Morgan fingerprint density at radius 1 is 1.18 bits per heavy atom. The molecule has 2 aromatic rings. The highest BCUT2D eigenvalue weighted by atomic mass is 28.3. The zero-order valence-electron chi connectivity index (χ0n) is 24.2. The van der Waals surface area contributed by atoms with Crippen LogP contribution in [0.4, 0.5) is 14.9 Å². The summed E-state index contributed by atoms with van der Waals surface area (Å²) in [5.41, 5.74) is 2.17. The average molecular weight is 561 g/mol. The zero-order valence-corrected chi connectivity index (χ0v) is 25.2. The van der Waals surface area contributed by atoms with Crippen molar-refractivity contribution in [1.82, 2.24) is 14.7 Å². The molecule has 1 saturated heterocycles. The number of fused-ring (bicyclic) bond motifs is 1. The van der Waals surface area contributed by atoms with Crippen molar-refractivity contribution in [3.05, 3.63) is 35.3 Å². The number of hydrogen-bond acceptors (Lipinski definition) is 6. The normalized spacial score (nSPS) is 16.4. The lowest BCUT2D eigenvalue weighted by Crippen LogP contribution is -2.55. The Kier molecular flexibility index (Phi) is 8.53. The molecule has 0 atom stereocenters. The molecule has 0 radical (unpaired) electrons. The van der Waals surface area contributed by atoms with Crippen LogP contribution < -0.4 is 4.90 Å². The first-order chi connectivity index (χ1) is 18.2. The van der Waals surface area contributed by atoms with Crippen LogP contribution in [0.2, 0.25) is 25.7 Å². The van der Waals surface area contributed by atoms with Gasteiger partial charge < -0.3 is 24.0 Å². The van der Waals surface area contributed by atoms with Gasteiger partial charge in [0, 0.05) is 56.7 Å². The number of carbonyl (C=O) groups is 2. The van der Waals surface area contributed by atoms with Crippen LogP contribution in [0.5, 0.6) is 0 Å². The Bertz CT molecular complexity index is 1210. The fourth-order valence-corrected chi connectivity index (χ4v) is 5.26. The Morgan fingerprint density at radius 2 is 1.90 bits per heavy atom. The molecule has 214 valence electrons. The van der Waals surface area contributed by atoms with E-state index in [1.54, 1.807) is 28.8 Å². The van der Waals surface area contributed by atoms with E-state index in [-0.39, 0.29) is 43.7 Å². The number of likely N-dealkylation sites (tertiary alicyclic amines) is 1. The lowest BCUT2D eigenvalue weighted by molar-refractivity contribution is -0.118. The van der Waals surface area contributed by atoms with Crippen LogP contribution in [0.3, 0.4) is 0 Å². The largest absolute Gasteiger partial charge is 0.444 e. The third kappa shape index (κ3) is 7.26. The number of aromatic nitrogens is 2. The molecule has 2 aliphatic heterocycles. The van der Waals surface area contributed by atoms with Crippen molar-refractivity contribution in [2.45, 2.75) is 84.3 Å². The van der Waals surface area contributed by atoms with Gasteiger partial charge >= 0.3 is 6.09 Å². The molecule has 39 heavy (non-hydrogen) atoms. The number of benzene rings is 1. The van der Waals surface area contributed by atoms with Crippen molar-refractivity contribution >= 4 is 25.8 Å². The van der Waals surface area contributed by atoms with Gasteiger partial charge in [0.15, 0.2) is 0 Å². The first-order valence-electron chi connectivity index (χ1n) is 13.5. The number of carbonyl (C=O) groups excluding carboxylic acids is 2. The molecule has 0 spiro atoms. The van der Waals surface area contributed by atoms with Crippen LogP contribution in [0, 0.1) is 5.82 Å². The molecule has 2 amide bonds. The smallest absolute Gasteiger partial charge is 0.410 e. The second-order valence-electron chi connectivity index (χ2n) is 12.6. The zero-order chi connectivity index (χ0) is 28.5. The lowest BCUT2D eigenvalue weighted by Gasteiger charge is -2.39. The van der Waals surface area contributed by atoms with Gasteiger partial charge in [-0.25, -0.2) is 13.9 Å². The summed E-state index contributed by atoms with van der Waals surface area (Å²) in [5, 5.41) is 4.68. The van der Waals surface area contributed by atoms with Gasteiger partial charge in [-0.3, -0.25) is 4.79 Å². The van der Waals surface area contributed by atoms with E-state index in [9.17, 15) is 9.59 Å². The van der Waals surface area contributed by atoms with E-state index in [4.69, 9.17) is 14.2 Å². The second kappa shape index (κ2) is 11.4. The molecule has 0 bridgehead atoms. The van der Waals surface area contributed by atoms with Crippen molar-refractivity contribution < 1.29 is 28.2 Å². The van der Waals surface area contributed by atoms with Crippen molar-refractivity contribution in [2.75, 3.05) is 31.6 Å². The van der Waals surface area contributed by atoms with E-state index in [1.807, 2.05) is 27.0 Å². The summed E-state index contributed by atoms with van der Waals surface area (Å²) in [6, 6.07) is 4.50. The first-order valence-corrected chi connectivity index (χ1v) is 17.2. The van der Waals surface area contributed by atoms with Gasteiger partial charge in [0.05, 0.1) is 25.8 Å². The maximum atomic E-state index is 15.8. The summed E-state index contributed by atoms with van der Waals surface area (Å²) in [6.45, 7) is 14.4. The van der Waals surface area contributed by atoms with Gasteiger partial charge in [0.2, 0.25) is 5.91 Å². The van der Waals surface area contributed by atoms with E-state index < -0.39 is 13.7 Å². The van der Waals surface area contributed by atoms with Crippen LogP contribution in [-0.2, 0) is 38.8 Å². The van der Waals surface area contributed by atoms with Gasteiger partial charge in [0.1, 0.15) is 23.8 Å². The second-order valence-corrected chi connectivity index (χ2v) is 18.2. The Morgan fingerprint density at radius 3 is 2.56 bits per heavy atom. The van der Waals surface area contributed by atoms with Crippen LogP contribution in [-0.4, -0.2) is 73.2 Å². The quantitative estimate of drug-likeness (QED) is 0.315. The van der Waals surface area contributed by atoms with E-state index in [2.05, 4.69) is 24.7 Å². The fourth-order valence-electron chi connectivity index (χ4n) is 4.50. The maximum absolute atomic E-state index is 15.8. The minimum absolute atomic E-state index is 0.0237. The van der Waals surface area contributed by atoms with Crippen LogP contribution in [0.1, 0.15) is 38.3 Å². The number of amides is 2. The average Bonchev–Trinajstić information content (AvgIpc) is 3.19. The molecule has 2 aliphatic rings. The highest BCUT2D eigenvalue weighted by Gasteiger charge is 2.35. The van der Waals surface area contributed by atoms with Gasteiger partial charge in [-0.1, -0.05) is 19.6 Å². The summed E-state index contributed by atoms with van der Waals surface area (Å²) in [7, 11) is 0.446. The fraction of sp³-hybridized carbons (Fsp3) is 0.607. The topological polar surface area (TPSA) is 86.1 Å². The number of anilines is 1. The third-order valence-electron chi connectivity index (χ3n) is 6.83. The summed E-state index contributed by atoms with van der Waals surface area (Å²) < 4.78 is 34.9. The molecule has 3 heterocycles. The number of nitrogens with zero attached hydrogens (tertiary/aromatic N) is 4. The van der Waals surface area contributed by atoms with E-state index in [0.29, 0.717) is 48.6 Å². The monoisotopic (exact) mass is 560 g/mol. The molecular weight excluding hydrogens is 519 g/mol. The minimum Gasteiger partial charge on any atom is -0.444 e. The number of ether oxygens (including phenoxy) is 3. The molecule has 11 heteroatoms. The lowest BCUT2D eigenvalue weighted by atomic mass is 9.96. The number of rotatable bonds is 9. The van der Waals surface area contributed by atoms with Crippen molar-refractivity contribution in [1.29, 1.82) is 0 Å². The molecule has 1 aromatic heterocycles. The SMILES string of the molecule is CN1C(=O)CCc2c1ccc(-c1nn(COCC[Si](C)(C)C)cc1COC1CN(C(=O)OC(C)(C)C)C1)c2F. The predicted octanol–water partition coefficient (Wildman–Crippen LogP) is 5.05. The van der Waals surface area contributed by atoms with E-state index in [1.165, 1.54) is 4.90 Å². The van der Waals surface area contributed by atoms with Gasteiger partial charge in [-0.15, -0.1) is 0 Å². The minimum atomic E-state index is -1.23. The summed E-state index contributed by atoms with van der Waals surface area (Å²) in [6.07, 6.45) is 1.96. The van der Waals surface area contributed by atoms with Crippen LogP contribution in [0.25, 0.3) is 11.3 Å². The summed E-state index contributed by atoms with van der Waals surface area (Å²) in [4.78, 5) is 27.5. The van der Waals surface area contributed by atoms with E-state index in [0.717, 1.165) is 11.6 Å². The molecule has 1 fully saturated rings. The highest BCUT2D eigenvalue weighted by Crippen LogP contribution is 2.36. The number of hydrogen-bond donors (Lipinski definition) is 0. The molecule has 0 saturated carbocycles. The molecule has 4 rings (SSSR count). The van der Waals surface area contributed by atoms with Gasteiger partial charge in [0.25, 0.3) is 0 Å². The van der Waals surface area contributed by atoms with Crippen LogP contribution in [0.15, 0.2) is 18.3 Å². The van der Waals surface area contributed by atoms with Crippen molar-refractivity contribution in [2.24, 2.45) is 0 Å². The molecule has 0 N–H and O–H groups in total. The Labute approximate surface area is 231 Å². The molecule has 1 aromatic carbocycles. The Balaban J connectivity index is 1.49. The summed E-state index contributed by atoms with van der Waals surface area (Å²) >= 11 is 0. The van der Waals surface area contributed by atoms with Crippen molar-refractivity contribution in [3.63, 3.8) is 0 Å². The van der Waals surface area contributed by atoms with Crippen molar-refractivity contribution in [3.8, 4) is 11.3 Å². The maximum Gasteiger partial charge on any atom is 0.410 e. The van der Waals surface area contributed by atoms with Gasteiger partial charge in [-0.05, 0) is 45.4 Å². The highest BCUT2D eigenvalue weighted by molar-refractivity contribution is 6.76. The Hall–Kier alpha value is -2.76. The molecule has 0 unspecified atom stereocenters.